The highest BCUT2D eigenvalue weighted by Gasteiger charge is 2.29. The van der Waals surface area contributed by atoms with Crippen LogP contribution in [0.1, 0.15) is 44.7 Å². The van der Waals surface area contributed by atoms with Crippen molar-refractivity contribution in [2.75, 3.05) is 7.11 Å². The van der Waals surface area contributed by atoms with Crippen molar-refractivity contribution in [2.24, 2.45) is 0 Å². The number of fused-ring (bicyclic) bond motifs is 1. The predicted molar refractivity (Wildman–Crippen MR) is 90.6 cm³/mol. The standard InChI is InChI=1S/C19H24O4/c1-13(2)6-5-8-19(3)9-7-14-10-16(20)11-15(18(14)23-19)12-17(21)22-4/h6-7,9-11,20H,5,8,12H2,1-4H3. The number of ether oxygens (including phenoxy) is 2. The van der Waals surface area contributed by atoms with Crippen molar-refractivity contribution < 1.29 is 19.4 Å². The molecule has 1 unspecified atom stereocenters. The van der Waals surface area contributed by atoms with Crippen LogP contribution in [0, 0.1) is 0 Å². The molecule has 0 saturated heterocycles. The second kappa shape index (κ2) is 6.90. The molecule has 23 heavy (non-hydrogen) atoms. The van der Waals surface area contributed by atoms with Crippen LogP contribution in [0.4, 0.5) is 0 Å². The van der Waals surface area contributed by atoms with Gasteiger partial charge in [0, 0.05) is 11.1 Å². The maximum atomic E-state index is 11.6. The fraction of sp³-hybridized carbons (Fsp3) is 0.421. The molecule has 1 aliphatic heterocycles. The van der Waals surface area contributed by atoms with E-state index in [2.05, 4.69) is 19.9 Å². The number of rotatable bonds is 5. The maximum Gasteiger partial charge on any atom is 0.310 e. The fourth-order valence-electron chi connectivity index (χ4n) is 2.62. The summed E-state index contributed by atoms with van der Waals surface area (Å²) in [6.07, 6.45) is 7.97. The van der Waals surface area contributed by atoms with Gasteiger partial charge < -0.3 is 14.6 Å². The molecule has 0 aliphatic carbocycles. The lowest BCUT2D eigenvalue weighted by Crippen LogP contribution is -2.32. The molecular formula is C19H24O4. The van der Waals surface area contributed by atoms with E-state index in [-0.39, 0.29) is 18.1 Å². The predicted octanol–water partition coefficient (Wildman–Crippen LogP) is 4.02. The van der Waals surface area contributed by atoms with Gasteiger partial charge in [-0.2, -0.15) is 0 Å². The first-order valence-corrected chi connectivity index (χ1v) is 7.77. The number of aromatic hydroxyl groups is 1. The summed E-state index contributed by atoms with van der Waals surface area (Å²) in [5.41, 5.74) is 2.28. The molecular weight excluding hydrogens is 292 g/mol. The van der Waals surface area contributed by atoms with E-state index in [1.165, 1.54) is 12.7 Å². The maximum absolute atomic E-state index is 11.6. The zero-order valence-electron chi connectivity index (χ0n) is 14.2. The van der Waals surface area contributed by atoms with Crippen LogP contribution >= 0.6 is 0 Å². The van der Waals surface area contributed by atoms with Crippen LogP contribution in [0.15, 0.2) is 29.9 Å². The highest BCUT2D eigenvalue weighted by atomic mass is 16.5. The van der Waals surface area contributed by atoms with Crippen LogP contribution in [0.5, 0.6) is 11.5 Å². The monoisotopic (exact) mass is 316 g/mol. The highest BCUT2D eigenvalue weighted by Crippen LogP contribution is 2.38. The third-order valence-electron chi connectivity index (χ3n) is 3.89. The first-order chi connectivity index (χ1) is 10.8. The molecule has 2 rings (SSSR count). The summed E-state index contributed by atoms with van der Waals surface area (Å²) in [6, 6.07) is 3.20. The molecule has 0 aromatic heterocycles. The highest BCUT2D eigenvalue weighted by molar-refractivity contribution is 5.76. The van der Waals surface area contributed by atoms with Gasteiger partial charge in [-0.3, -0.25) is 4.79 Å². The van der Waals surface area contributed by atoms with Gasteiger partial charge >= 0.3 is 5.97 Å². The summed E-state index contributed by atoms with van der Waals surface area (Å²) < 4.78 is 10.9. The molecule has 0 fully saturated rings. The Hall–Kier alpha value is -2.23. The minimum absolute atomic E-state index is 0.0745. The minimum Gasteiger partial charge on any atom is -0.508 e. The molecule has 1 heterocycles. The lowest BCUT2D eigenvalue weighted by atomic mass is 9.93. The molecule has 1 aromatic carbocycles. The third kappa shape index (κ3) is 4.38. The topological polar surface area (TPSA) is 55.8 Å². The van der Waals surface area contributed by atoms with Crippen LogP contribution in [0.2, 0.25) is 0 Å². The Morgan fingerprint density at radius 2 is 2.13 bits per heavy atom. The molecule has 0 radical (unpaired) electrons. The second-order valence-corrected chi connectivity index (χ2v) is 6.34. The lowest BCUT2D eigenvalue weighted by Gasteiger charge is -2.33. The number of allylic oxidation sites excluding steroid dienone is 2. The zero-order chi connectivity index (χ0) is 17.0. The van der Waals surface area contributed by atoms with Crippen molar-refractivity contribution in [3.8, 4) is 11.5 Å². The zero-order valence-corrected chi connectivity index (χ0v) is 14.2. The molecule has 1 aromatic rings. The van der Waals surface area contributed by atoms with Crippen molar-refractivity contribution in [2.45, 2.75) is 45.6 Å². The van der Waals surface area contributed by atoms with Gasteiger partial charge in [-0.05, 0) is 51.8 Å². The van der Waals surface area contributed by atoms with E-state index in [1.807, 2.05) is 19.1 Å². The number of carbonyl (C=O) groups is 1. The molecule has 124 valence electrons. The minimum atomic E-state index is -0.430. The van der Waals surface area contributed by atoms with Gasteiger partial charge in [-0.25, -0.2) is 0 Å². The van der Waals surface area contributed by atoms with E-state index in [0.717, 1.165) is 18.4 Å². The Kier molecular flexibility index (Phi) is 5.14. The van der Waals surface area contributed by atoms with Gasteiger partial charge in [0.25, 0.3) is 0 Å². The lowest BCUT2D eigenvalue weighted by molar-refractivity contribution is -0.139. The Morgan fingerprint density at radius 1 is 1.39 bits per heavy atom. The normalized spacial score (nSPS) is 18.8. The van der Waals surface area contributed by atoms with Crippen molar-refractivity contribution in [3.63, 3.8) is 0 Å². The summed E-state index contributed by atoms with van der Waals surface area (Å²) in [5, 5.41) is 9.84. The van der Waals surface area contributed by atoms with Gasteiger partial charge in [-0.15, -0.1) is 0 Å². The molecule has 0 spiro atoms. The van der Waals surface area contributed by atoms with Crippen molar-refractivity contribution in [3.05, 3.63) is 41.0 Å². The molecule has 1 aliphatic rings. The molecule has 0 saturated carbocycles. The molecule has 1 N–H and O–H groups in total. The molecule has 0 amide bonds. The smallest absolute Gasteiger partial charge is 0.310 e. The average Bonchev–Trinajstić information content (AvgIpc) is 2.47. The molecule has 1 atom stereocenters. The number of carbonyl (C=O) groups excluding carboxylic acids is 1. The molecule has 4 nitrogen and oxygen atoms in total. The first-order valence-electron chi connectivity index (χ1n) is 7.77. The largest absolute Gasteiger partial charge is 0.508 e. The van der Waals surface area contributed by atoms with Gasteiger partial charge in [-0.1, -0.05) is 17.7 Å². The van der Waals surface area contributed by atoms with Crippen LogP contribution in [0.3, 0.4) is 0 Å². The van der Waals surface area contributed by atoms with Crippen LogP contribution in [-0.2, 0) is 16.0 Å². The molecule has 4 heteroatoms. The number of phenols is 1. The Bertz CT molecular complexity index is 654. The second-order valence-electron chi connectivity index (χ2n) is 6.34. The average molecular weight is 316 g/mol. The van der Waals surface area contributed by atoms with Gasteiger partial charge in [0.2, 0.25) is 0 Å². The third-order valence-corrected chi connectivity index (χ3v) is 3.89. The molecule has 0 bridgehead atoms. The van der Waals surface area contributed by atoms with E-state index in [4.69, 9.17) is 9.47 Å². The quantitative estimate of drug-likeness (QED) is 0.658. The number of hydrogen-bond donors (Lipinski definition) is 1. The van der Waals surface area contributed by atoms with E-state index in [0.29, 0.717) is 11.3 Å². The number of hydrogen-bond acceptors (Lipinski definition) is 4. The summed E-state index contributed by atoms with van der Waals surface area (Å²) in [6.45, 7) is 6.18. The van der Waals surface area contributed by atoms with Crippen molar-refractivity contribution in [1.29, 1.82) is 0 Å². The first kappa shape index (κ1) is 17.1. The summed E-state index contributed by atoms with van der Waals surface area (Å²) in [5.74, 6) is 0.404. The van der Waals surface area contributed by atoms with E-state index in [1.54, 1.807) is 12.1 Å². The summed E-state index contributed by atoms with van der Waals surface area (Å²) in [4.78, 5) is 11.6. The number of methoxy groups -OCH3 is 1. The van der Waals surface area contributed by atoms with Gasteiger partial charge in [0.1, 0.15) is 17.1 Å². The Morgan fingerprint density at radius 3 is 2.78 bits per heavy atom. The number of phenolic OH excluding ortho intramolecular Hbond substituents is 1. The van der Waals surface area contributed by atoms with E-state index >= 15 is 0 Å². The van der Waals surface area contributed by atoms with E-state index < -0.39 is 5.60 Å². The number of esters is 1. The van der Waals surface area contributed by atoms with Crippen LogP contribution < -0.4 is 4.74 Å². The SMILES string of the molecule is COC(=O)Cc1cc(O)cc2c1OC(C)(CCC=C(C)C)C=C2. The summed E-state index contributed by atoms with van der Waals surface area (Å²) >= 11 is 0. The Labute approximate surface area is 137 Å². The fourth-order valence-corrected chi connectivity index (χ4v) is 2.62. The van der Waals surface area contributed by atoms with Crippen LogP contribution in [-0.4, -0.2) is 23.8 Å². The van der Waals surface area contributed by atoms with E-state index in [9.17, 15) is 9.90 Å². The van der Waals surface area contributed by atoms with Crippen LogP contribution in [0.25, 0.3) is 6.08 Å². The number of benzene rings is 1. The van der Waals surface area contributed by atoms with Crippen molar-refractivity contribution >= 4 is 12.0 Å². The summed E-state index contributed by atoms with van der Waals surface area (Å²) in [7, 11) is 1.35. The van der Waals surface area contributed by atoms with Gasteiger partial charge in [0.15, 0.2) is 0 Å². The Balaban J connectivity index is 2.27. The van der Waals surface area contributed by atoms with Crippen molar-refractivity contribution in [1.82, 2.24) is 0 Å². The van der Waals surface area contributed by atoms with Gasteiger partial charge in [0.05, 0.1) is 13.5 Å².